The molecule has 2 fully saturated rings. The van der Waals surface area contributed by atoms with Gasteiger partial charge in [0.25, 0.3) is 0 Å². The Morgan fingerprint density at radius 3 is 2.84 bits per heavy atom. The predicted octanol–water partition coefficient (Wildman–Crippen LogP) is 2.24. The number of hydrogen-bond donors (Lipinski definition) is 1. The molecule has 1 aromatic carbocycles. The molecule has 0 spiro atoms. The Balaban J connectivity index is 1.59. The molecule has 19 heavy (non-hydrogen) atoms. The van der Waals surface area contributed by atoms with Crippen molar-refractivity contribution in [2.75, 3.05) is 44.2 Å². The first kappa shape index (κ1) is 13.4. The van der Waals surface area contributed by atoms with Gasteiger partial charge < -0.3 is 10.2 Å². The zero-order valence-corrected chi connectivity index (χ0v) is 13.1. The molecular weight excluding hydrogens is 302 g/mol. The normalized spacial score (nSPS) is 22.1. The molecule has 4 heteroatoms. The Morgan fingerprint density at radius 1 is 1.21 bits per heavy atom. The van der Waals surface area contributed by atoms with E-state index in [9.17, 15) is 0 Å². The van der Waals surface area contributed by atoms with E-state index in [1.807, 2.05) is 0 Å². The van der Waals surface area contributed by atoms with Crippen LogP contribution in [0.5, 0.6) is 0 Å². The van der Waals surface area contributed by atoms with E-state index in [1.54, 1.807) is 0 Å². The van der Waals surface area contributed by atoms with Crippen molar-refractivity contribution in [1.29, 1.82) is 0 Å². The molecule has 104 valence electrons. The molecule has 0 amide bonds. The maximum atomic E-state index is 3.69. The van der Waals surface area contributed by atoms with Crippen molar-refractivity contribution in [3.8, 4) is 0 Å². The summed E-state index contributed by atoms with van der Waals surface area (Å²) in [6.07, 6.45) is 1.28. The second-order valence-corrected chi connectivity index (χ2v) is 6.51. The number of anilines is 1. The van der Waals surface area contributed by atoms with Crippen LogP contribution >= 0.6 is 15.9 Å². The van der Waals surface area contributed by atoms with Crippen LogP contribution < -0.4 is 10.2 Å². The third-order valence-corrected chi connectivity index (χ3v) is 4.83. The molecule has 0 saturated carbocycles. The van der Waals surface area contributed by atoms with Gasteiger partial charge in [-0.2, -0.15) is 0 Å². The minimum Gasteiger partial charge on any atom is -0.367 e. The monoisotopic (exact) mass is 323 g/mol. The molecule has 0 radical (unpaired) electrons. The molecule has 2 heterocycles. The summed E-state index contributed by atoms with van der Waals surface area (Å²) in [4.78, 5) is 5.13. The largest absolute Gasteiger partial charge is 0.367 e. The smallest absolute Gasteiger partial charge is 0.0511 e. The minimum absolute atomic E-state index is 0.744. The fraction of sp³-hybridized carbons (Fsp3) is 0.600. The number of aryl methyl sites for hydroxylation is 1. The van der Waals surface area contributed by atoms with E-state index in [4.69, 9.17) is 0 Å². The van der Waals surface area contributed by atoms with Crippen LogP contribution in [0.3, 0.4) is 0 Å². The summed E-state index contributed by atoms with van der Waals surface area (Å²) < 4.78 is 1.23. The van der Waals surface area contributed by atoms with E-state index in [-0.39, 0.29) is 0 Å². The van der Waals surface area contributed by atoms with Gasteiger partial charge in [0.2, 0.25) is 0 Å². The summed E-state index contributed by atoms with van der Waals surface area (Å²) in [5.41, 5.74) is 2.65. The van der Waals surface area contributed by atoms with E-state index in [2.05, 4.69) is 56.2 Å². The van der Waals surface area contributed by atoms with E-state index in [1.165, 1.54) is 54.9 Å². The number of benzene rings is 1. The van der Waals surface area contributed by atoms with Gasteiger partial charge in [-0.1, -0.05) is 6.07 Å². The number of nitrogens with zero attached hydrogens (tertiary/aromatic N) is 2. The lowest BCUT2D eigenvalue weighted by atomic mass is 10.0. The van der Waals surface area contributed by atoms with Crippen LogP contribution in [-0.2, 0) is 0 Å². The molecule has 2 aliphatic rings. The van der Waals surface area contributed by atoms with Crippen LogP contribution in [-0.4, -0.2) is 50.2 Å². The highest BCUT2D eigenvalue weighted by Crippen LogP contribution is 2.31. The van der Waals surface area contributed by atoms with Gasteiger partial charge in [-0.3, -0.25) is 4.90 Å². The molecule has 2 saturated heterocycles. The highest BCUT2D eigenvalue weighted by Gasteiger charge is 2.32. The summed E-state index contributed by atoms with van der Waals surface area (Å²) in [6, 6.07) is 7.38. The van der Waals surface area contributed by atoms with Crippen LogP contribution in [0.15, 0.2) is 22.7 Å². The van der Waals surface area contributed by atoms with E-state index < -0.39 is 0 Å². The summed E-state index contributed by atoms with van der Waals surface area (Å²) in [7, 11) is 0. The average molecular weight is 324 g/mol. The second kappa shape index (κ2) is 5.81. The highest BCUT2D eigenvalue weighted by molar-refractivity contribution is 9.10. The van der Waals surface area contributed by atoms with Gasteiger partial charge in [-0.05, 0) is 60.1 Å². The van der Waals surface area contributed by atoms with Crippen molar-refractivity contribution < 1.29 is 0 Å². The Bertz CT molecular complexity index is 435. The number of halogens is 1. The molecule has 0 bridgehead atoms. The maximum Gasteiger partial charge on any atom is 0.0511 e. The van der Waals surface area contributed by atoms with E-state index >= 15 is 0 Å². The molecule has 1 aromatic rings. The van der Waals surface area contributed by atoms with Crippen molar-refractivity contribution in [1.82, 2.24) is 10.2 Å². The second-order valence-electron chi connectivity index (χ2n) is 5.65. The van der Waals surface area contributed by atoms with Crippen molar-refractivity contribution in [2.45, 2.75) is 19.4 Å². The third-order valence-electron chi connectivity index (χ3n) is 4.20. The quantitative estimate of drug-likeness (QED) is 0.900. The molecule has 2 aliphatic heterocycles. The van der Waals surface area contributed by atoms with Gasteiger partial charge in [0, 0.05) is 36.7 Å². The first-order valence-corrected chi connectivity index (χ1v) is 7.99. The Kier molecular flexibility index (Phi) is 4.10. The zero-order chi connectivity index (χ0) is 13.2. The van der Waals surface area contributed by atoms with Gasteiger partial charge in [-0.25, -0.2) is 0 Å². The minimum atomic E-state index is 0.744. The summed E-state index contributed by atoms with van der Waals surface area (Å²) in [5, 5.41) is 3.48. The third kappa shape index (κ3) is 2.96. The number of hydrogen-bond acceptors (Lipinski definition) is 3. The molecule has 0 aromatic heterocycles. The first-order valence-electron chi connectivity index (χ1n) is 7.20. The van der Waals surface area contributed by atoms with Crippen LogP contribution in [0.2, 0.25) is 0 Å². The Morgan fingerprint density at radius 2 is 2.05 bits per heavy atom. The lowest BCUT2D eigenvalue weighted by Crippen LogP contribution is -2.60. The topological polar surface area (TPSA) is 18.5 Å². The van der Waals surface area contributed by atoms with Gasteiger partial charge >= 0.3 is 0 Å². The molecule has 0 atom stereocenters. The van der Waals surface area contributed by atoms with Crippen LogP contribution in [0.25, 0.3) is 0 Å². The molecule has 3 nitrogen and oxygen atoms in total. The molecule has 0 unspecified atom stereocenters. The van der Waals surface area contributed by atoms with Gasteiger partial charge in [0.15, 0.2) is 0 Å². The molecule has 3 rings (SSSR count). The van der Waals surface area contributed by atoms with Crippen LogP contribution in [0.1, 0.15) is 12.0 Å². The van der Waals surface area contributed by atoms with Crippen LogP contribution in [0, 0.1) is 6.92 Å². The fourth-order valence-electron chi connectivity index (χ4n) is 2.98. The predicted molar refractivity (Wildman–Crippen MR) is 83.9 cm³/mol. The zero-order valence-electron chi connectivity index (χ0n) is 11.5. The Labute approximate surface area is 124 Å². The summed E-state index contributed by atoms with van der Waals surface area (Å²) >= 11 is 3.69. The summed E-state index contributed by atoms with van der Waals surface area (Å²) in [5.74, 6) is 0. The highest BCUT2D eigenvalue weighted by atomic mass is 79.9. The number of rotatable bonds is 2. The standard InChI is InChI=1S/C15H22BrN3/c1-12-3-4-15(14(16)9-12)19-10-13(11-19)18-7-2-5-17-6-8-18/h3-4,9,13,17H,2,5-8,10-11H2,1H3. The lowest BCUT2D eigenvalue weighted by molar-refractivity contribution is 0.177. The van der Waals surface area contributed by atoms with Gasteiger partial charge in [0.05, 0.1) is 5.69 Å². The van der Waals surface area contributed by atoms with Gasteiger partial charge in [0.1, 0.15) is 0 Å². The first-order chi connectivity index (χ1) is 9.24. The van der Waals surface area contributed by atoms with E-state index in [0.29, 0.717) is 0 Å². The van der Waals surface area contributed by atoms with E-state index in [0.717, 1.165) is 12.6 Å². The SMILES string of the molecule is Cc1ccc(N2CC(N3CCCNCC3)C2)c(Br)c1. The van der Waals surface area contributed by atoms with Crippen molar-refractivity contribution in [3.63, 3.8) is 0 Å². The molecule has 0 aliphatic carbocycles. The lowest BCUT2D eigenvalue weighted by Gasteiger charge is -2.46. The summed E-state index contributed by atoms with van der Waals surface area (Å²) in [6.45, 7) is 9.25. The maximum absolute atomic E-state index is 3.69. The van der Waals surface area contributed by atoms with Gasteiger partial charge in [-0.15, -0.1) is 0 Å². The number of nitrogens with one attached hydrogen (secondary N) is 1. The molecular formula is C15H22BrN3. The fourth-order valence-corrected chi connectivity index (χ4v) is 3.73. The van der Waals surface area contributed by atoms with Crippen LogP contribution in [0.4, 0.5) is 5.69 Å². The van der Waals surface area contributed by atoms with Crippen molar-refractivity contribution in [2.24, 2.45) is 0 Å². The molecule has 1 N–H and O–H groups in total. The van der Waals surface area contributed by atoms with Crippen molar-refractivity contribution >= 4 is 21.6 Å². The average Bonchev–Trinajstić information content (AvgIpc) is 2.59. The van der Waals surface area contributed by atoms with Crippen molar-refractivity contribution in [3.05, 3.63) is 28.2 Å². The Hall–Kier alpha value is -0.580.